The lowest BCUT2D eigenvalue weighted by Gasteiger charge is -2.24. The van der Waals surface area contributed by atoms with Crippen molar-refractivity contribution in [2.45, 2.75) is 39.3 Å². The van der Waals surface area contributed by atoms with Crippen molar-refractivity contribution in [3.8, 4) is 0 Å². The largest absolute Gasteiger partial charge is 0.454 e. The average Bonchev–Trinajstić information content (AvgIpc) is 2.62. The minimum atomic E-state index is -0.834. The quantitative estimate of drug-likeness (QED) is 0.672. The van der Waals surface area contributed by atoms with Gasteiger partial charge in [0.15, 0.2) is 12.3 Å². The molecule has 3 N–H and O–H groups in total. The molecule has 0 aliphatic heterocycles. The highest BCUT2D eigenvalue weighted by molar-refractivity contribution is 6.04. The number of carbonyl (C=O) groups excluding carboxylic acids is 3. The van der Waals surface area contributed by atoms with Crippen molar-refractivity contribution >= 4 is 28.6 Å². The van der Waals surface area contributed by atoms with Crippen LogP contribution in [-0.2, 0) is 20.9 Å². The molecule has 0 spiro atoms. The van der Waals surface area contributed by atoms with Crippen molar-refractivity contribution in [1.29, 1.82) is 0 Å². The molecule has 9 heteroatoms. The summed E-state index contributed by atoms with van der Waals surface area (Å²) in [4.78, 5) is 47.9. The molecule has 2 rings (SSSR count). The number of nitrogens with zero attached hydrogens (tertiary/aromatic N) is 2. The summed E-state index contributed by atoms with van der Waals surface area (Å²) in [7, 11) is 0. The molecule has 9 nitrogen and oxygen atoms in total. The number of hydrogen-bond acceptors (Lipinski definition) is 6. The highest BCUT2D eigenvalue weighted by atomic mass is 16.5. The van der Waals surface area contributed by atoms with E-state index in [0.29, 0.717) is 11.8 Å². The van der Waals surface area contributed by atoms with Gasteiger partial charge >= 0.3 is 5.97 Å². The van der Waals surface area contributed by atoms with Crippen LogP contribution in [0.15, 0.2) is 29.1 Å². The summed E-state index contributed by atoms with van der Waals surface area (Å²) in [5, 5.41) is 7.10. The van der Waals surface area contributed by atoms with E-state index in [1.807, 2.05) is 20.8 Å². The molecule has 1 aromatic heterocycles. The number of fused-ring (bicyclic) bond motifs is 1. The molecular weight excluding hydrogens is 352 g/mol. The fraction of sp³-hybridized carbons (Fsp3) is 0.389. The van der Waals surface area contributed by atoms with Gasteiger partial charge in [-0.1, -0.05) is 25.1 Å². The van der Waals surface area contributed by atoms with E-state index in [4.69, 9.17) is 10.5 Å². The molecule has 0 unspecified atom stereocenters. The zero-order valence-electron chi connectivity index (χ0n) is 15.4. The van der Waals surface area contributed by atoms with Gasteiger partial charge in [-0.25, -0.2) is 4.68 Å². The van der Waals surface area contributed by atoms with Gasteiger partial charge in [0.05, 0.1) is 5.39 Å². The summed E-state index contributed by atoms with van der Waals surface area (Å²) in [6.45, 7) is 4.58. The van der Waals surface area contributed by atoms with Crippen LogP contribution >= 0.6 is 0 Å². The van der Waals surface area contributed by atoms with E-state index in [0.717, 1.165) is 4.68 Å². The second kappa shape index (κ2) is 7.98. The fourth-order valence-corrected chi connectivity index (χ4v) is 2.34. The summed E-state index contributed by atoms with van der Waals surface area (Å²) in [6.07, 6.45) is 0.707. The van der Waals surface area contributed by atoms with Crippen molar-refractivity contribution in [3.05, 3.63) is 40.3 Å². The Bertz CT molecular complexity index is 948. The predicted octanol–water partition coefficient (Wildman–Crippen LogP) is 0.343. The third-order valence-corrected chi connectivity index (χ3v) is 4.11. The first kappa shape index (κ1) is 20.1. The Morgan fingerprint density at radius 1 is 1.22 bits per heavy atom. The van der Waals surface area contributed by atoms with Crippen molar-refractivity contribution in [3.63, 3.8) is 0 Å². The summed E-state index contributed by atoms with van der Waals surface area (Å²) in [5.41, 5.74) is 4.20. The van der Waals surface area contributed by atoms with Crippen molar-refractivity contribution < 1.29 is 19.1 Å². The number of benzene rings is 1. The SMILES string of the molecule is CCC(C)(C)NC(=O)COC(=O)Cn1nc(C(N)=O)c2ccccc2c1=O. The maximum atomic E-state index is 12.5. The minimum Gasteiger partial charge on any atom is -0.454 e. The predicted molar refractivity (Wildman–Crippen MR) is 98.0 cm³/mol. The summed E-state index contributed by atoms with van der Waals surface area (Å²) >= 11 is 0. The zero-order valence-corrected chi connectivity index (χ0v) is 15.4. The van der Waals surface area contributed by atoms with Crippen LogP contribution in [0.3, 0.4) is 0 Å². The Hall–Kier alpha value is -3.23. The van der Waals surface area contributed by atoms with E-state index in [1.165, 1.54) is 6.07 Å². The molecule has 0 aliphatic rings. The van der Waals surface area contributed by atoms with Crippen molar-refractivity contribution in [2.75, 3.05) is 6.61 Å². The number of rotatable bonds is 7. The molecule has 0 saturated carbocycles. The van der Waals surface area contributed by atoms with Gasteiger partial charge in [-0.2, -0.15) is 5.10 Å². The Morgan fingerprint density at radius 3 is 2.44 bits per heavy atom. The highest BCUT2D eigenvalue weighted by Gasteiger charge is 2.20. The van der Waals surface area contributed by atoms with E-state index >= 15 is 0 Å². The van der Waals surface area contributed by atoms with Crippen LogP contribution in [0.25, 0.3) is 10.8 Å². The Kier molecular flexibility index (Phi) is 5.94. The maximum absolute atomic E-state index is 12.5. The first-order chi connectivity index (χ1) is 12.6. The van der Waals surface area contributed by atoms with Gasteiger partial charge in [0, 0.05) is 10.9 Å². The van der Waals surface area contributed by atoms with Gasteiger partial charge in [-0.15, -0.1) is 0 Å². The fourth-order valence-electron chi connectivity index (χ4n) is 2.34. The molecular formula is C18H22N4O5. The summed E-state index contributed by atoms with van der Waals surface area (Å²) < 4.78 is 5.70. The number of nitrogens with one attached hydrogen (secondary N) is 1. The Labute approximate surface area is 155 Å². The number of primary amides is 1. The number of amides is 2. The third-order valence-electron chi connectivity index (χ3n) is 4.11. The molecule has 144 valence electrons. The van der Waals surface area contributed by atoms with E-state index in [2.05, 4.69) is 10.4 Å². The Balaban J connectivity index is 2.15. The maximum Gasteiger partial charge on any atom is 0.328 e. The normalized spacial score (nSPS) is 11.2. The van der Waals surface area contributed by atoms with Crippen LogP contribution in [0.2, 0.25) is 0 Å². The monoisotopic (exact) mass is 374 g/mol. The van der Waals surface area contributed by atoms with E-state index < -0.39 is 42.0 Å². The molecule has 2 amide bonds. The van der Waals surface area contributed by atoms with Crippen molar-refractivity contribution in [1.82, 2.24) is 15.1 Å². The lowest BCUT2D eigenvalue weighted by molar-refractivity contribution is -0.149. The minimum absolute atomic E-state index is 0.125. The molecule has 1 aromatic carbocycles. The third kappa shape index (κ3) is 4.90. The van der Waals surface area contributed by atoms with E-state index in [-0.39, 0.29) is 11.1 Å². The second-order valence-corrected chi connectivity index (χ2v) is 6.67. The Morgan fingerprint density at radius 2 is 1.85 bits per heavy atom. The van der Waals surface area contributed by atoms with Crippen LogP contribution in [-0.4, -0.2) is 39.7 Å². The molecule has 0 aliphatic carbocycles. The molecule has 0 atom stereocenters. The number of esters is 1. The number of ether oxygens (including phenoxy) is 1. The van der Waals surface area contributed by atoms with Crippen LogP contribution in [0, 0.1) is 0 Å². The van der Waals surface area contributed by atoms with Gasteiger partial charge < -0.3 is 15.8 Å². The lowest BCUT2D eigenvalue weighted by atomic mass is 10.0. The van der Waals surface area contributed by atoms with Gasteiger partial charge in [0.25, 0.3) is 17.4 Å². The zero-order chi connectivity index (χ0) is 20.2. The molecule has 0 radical (unpaired) electrons. The smallest absolute Gasteiger partial charge is 0.328 e. The van der Waals surface area contributed by atoms with Gasteiger partial charge in [0.1, 0.15) is 6.54 Å². The summed E-state index contributed by atoms with van der Waals surface area (Å²) in [5.74, 6) is -2.11. The first-order valence-electron chi connectivity index (χ1n) is 8.41. The number of nitrogens with two attached hydrogens (primary N) is 1. The topological polar surface area (TPSA) is 133 Å². The van der Waals surface area contributed by atoms with E-state index in [9.17, 15) is 19.2 Å². The molecule has 1 heterocycles. The van der Waals surface area contributed by atoms with Gasteiger partial charge in [0.2, 0.25) is 0 Å². The number of carbonyl (C=O) groups is 3. The number of hydrogen-bond donors (Lipinski definition) is 2. The highest BCUT2D eigenvalue weighted by Crippen LogP contribution is 2.12. The molecule has 27 heavy (non-hydrogen) atoms. The first-order valence-corrected chi connectivity index (χ1v) is 8.41. The van der Waals surface area contributed by atoms with Crippen LogP contribution in [0.5, 0.6) is 0 Å². The van der Waals surface area contributed by atoms with Crippen LogP contribution < -0.4 is 16.6 Å². The standard InChI is InChI=1S/C18H22N4O5/c1-4-18(2,3)20-13(23)10-27-14(24)9-22-17(26)12-8-6-5-7-11(12)15(21-22)16(19)25/h5-8H,4,9-10H2,1-3H3,(H2,19,25)(H,20,23). The van der Waals surface area contributed by atoms with Crippen LogP contribution in [0.1, 0.15) is 37.7 Å². The van der Waals surface area contributed by atoms with Crippen LogP contribution in [0.4, 0.5) is 0 Å². The lowest BCUT2D eigenvalue weighted by Crippen LogP contribution is -2.44. The van der Waals surface area contributed by atoms with Gasteiger partial charge in [-0.3, -0.25) is 19.2 Å². The summed E-state index contributed by atoms with van der Waals surface area (Å²) in [6, 6.07) is 6.32. The number of aromatic nitrogens is 2. The average molecular weight is 374 g/mol. The molecule has 2 aromatic rings. The van der Waals surface area contributed by atoms with Gasteiger partial charge in [-0.05, 0) is 26.3 Å². The molecule has 0 fully saturated rings. The second-order valence-electron chi connectivity index (χ2n) is 6.67. The molecule has 0 saturated heterocycles. The molecule has 0 bridgehead atoms. The van der Waals surface area contributed by atoms with E-state index in [1.54, 1.807) is 18.2 Å². The van der Waals surface area contributed by atoms with Crippen molar-refractivity contribution in [2.24, 2.45) is 5.73 Å².